The smallest absolute Gasteiger partial charge is 0.0107 e. The Morgan fingerprint density at radius 3 is 0.735 bits per heavy atom. The molecule has 0 amide bonds. The first-order chi connectivity index (χ1) is 24.3. The molecule has 0 saturated heterocycles. The van der Waals surface area contributed by atoms with Gasteiger partial charge in [-0.25, -0.2) is 0 Å². The molecule has 0 rings (SSSR count). The van der Waals surface area contributed by atoms with Gasteiger partial charge in [-0.1, -0.05) is 206 Å². The Morgan fingerprint density at radius 1 is 0.286 bits per heavy atom. The van der Waals surface area contributed by atoms with Crippen LogP contribution in [0, 0.1) is 0 Å². The molecule has 0 spiro atoms. The van der Waals surface area contributed by atoms with E-state index in [9.17, 15) is 0 Å². The van der Waals surface area contributed by atoms with E-state index in [0.717, 1.165) is 52.4 Å². The molecular formula is C44H95N5. The Hall–Kier alpha value is -0.200. The molecule has 49 heavy (non-hydrogen) atoms. The zero-order valence-electron chi connectivity index (χ0n) is 34.2. The number of unbranched alkanes of at least 4 members (excludes halogenated alkanes) is 30. The Labute approximate surface area is 310 Å². The fraction of sp³-hybridized carbons (Fsp3) is 1.00. The van der Waals surface area contributed by atoms with Crippen molar-refractivity contribution in [1.29, 1.82) is 0 Å². The van der Waals surface area contributed by atoms with Crippen LogP contribution in [0.1, 0.15) is 219 Å². The van der Waals surface area contributed by atoms with E-state index in [-0.39, 0.29) is 0 Å². The molecule has 296 valence electrons. The zero-order valence-corrected chi connectivity index (χ0v) is 34.2. The lowest BCUT2D eigenvalue weighted by Crippen LogP contribution is -2.40. The summed E-state index contributed by atoms with van der Waals surface area (Å²) < 4.78 is 0. The quantitative estimate of drug-likeness (QED) is 0.0554. The van der Waals surface area contributed by atoms with Gasteiger partial charge in [0.2, 0.25) is 0 Å². The van der Waals surface area contributed by atoms with Crippen LogP contribution in [0.4, 0.5) is 0 Å². The van der Waals surface area contributed by atoms with E-state index in [0.29, 0.717) is 0 Å². The first-order valence-corrected chi connectivity index (χ1v) is 22.8. The third kappa shape index (κ3) is 40.4. The van der Waals surface area contributed by atoms with Crippen LogP contribution >= 0.6 is 0 Å². The van der Waals surface area contributed by atoms with Gasteiger partial charge in [-0.2, -0.15) is 0 Å². The molecule has 0 saturated carbocycles. The normalized spacial score (nSPS) is 11.9. The Bertz CT molecular complexity index is 526. The van der Waals surface area contributed by atoms with Gasteiger partial charge in [-0.15, -0.1) is 0 Å². The third-order valence-corrected chi connectivity index (χ3v) is 10.8. The van der Waals surface area contributed by atoms with Gasteiger partial charge in [0.1, 0.15) is 0 Å². The average molecular weight is 694 g/mol. The molecule has 0 aliphatic rings. The summed E-state index contributed by atoms with van der Waals surface area (Å²) in [7, 11) is 0. The van der Waals surface area contributed by atoms with Crippen molar-refractivity contribution in [2.24, 2.45) is 11.5 Å². The lowest BCUT2D eigenvalue weighted by atomic mass is 10.0. The van der Waals surface area contributed by atoms with E-state index >= 15 is 0 Å². The molecule has 0 bridgehead atoms. The maximum absolute atomic E-state index is 5.95. The van der Waals surface area contributed by atoms with Gasteiger partial charge in [0.05, 0.1) is 0 Å². The number of nitrogens with zero attached hydrogens (tertiary/aromatic N) is 2. The fourth-order valence-corrected chi connectivity index (χ4v) is 7.40. The van der Waals surface area contributed by atoms with Crippen molar-refractivity contribution in [1.82, 2.24) is 15.1 Å². The maximum Gasteiger partial charge on any atom is 0.0107 e. The van der Waals surface area contributed by atoms with Gasteiger partial charge in [0.25, 0.3) is 0 Å². The molecule has 0 radical (unpaired) electrons. The lowest BCUT2D eigenvalue weighted by molar-refractivity contribution is 0.257. The first kappa shape index (κ1) is 48.8. The van der Waals surface area contributed by atoms with E-state index < -0.39 is 0 Å². The molecule has 0 aromatic rings. The SMILES string of the molecule is CCCCCCCCCCCCCCCCCCN(CCN)CCNCCN(CCN)CCCCCCCCCCCCCCCCCC. The summed E-state index contributed by atoms with van der Waals surface area (Å²) in [6.45, 7) is 15.0. The van der Waals surface area contributed by atoms with Gasteiger partial charge < -0.3 is 26.6 Å². The molecule has 5 nitrogen and oxygen atoms in total. The minimum absolute atomic E-state index is 0.766. The summed E-state index contributed by atoms with van der Waals surface area (Å²) in [6, 6.07) is 0. The second-order valence-electron chi connectivity index (χ2n) is 15.6. The summed E-state index contributed by atoms with van der Waals surface area (Å²) in [5.74, 6) is 0. The van der Waals surface area contributed by atoms with Gasteiger partial charge in [-0.3, -0.25) is 0 Å². The predicted molar refractivity (Wildman–Crippen MR) is 223 cm³/mol. The first-order valence-electron chi connectivity index (χ1n) is 22.8. The summed E-state index contributed by atoms with van der Waals surface area (Å²) in [6.07, 6.45) is 45.8. The topological polar surface area (TPSA) is 70.5 Å². The van der Waals surface area contributed by atoms with Crippen LogP contribution in [-0.2, 0) is 0 Å². The van der Waals surface area contributed by atoms with Crippen molar-refractivity contribution < 1.29 is 0 Å². The number of nitrogens with two attached hydrogens (primary N) is 2. The van der Waals surface area contributed by atoms with Crippen LogP contribution in [0.5, 0.6) is 0 Å². The van der Waals surface area contributed by atoms with Crippen LogP contribution in [-0.4, -0.2) is 75.2 Å². The van der Waals surface area contributed by atoms with Crippen molar-refractivity contribution in [3.63, 3.8) is 0 Å². The van der Waals surface area contributed by atoms with E-state index in [1.165, 1.54) is 219 Å². The standard InChI is InChI=1S/C44H95N5/c1-3-5-7-9-11-13-15-17-19-21-23-25-27-29-31-33-39-48(41-35-45)43-37-47-38-44-49(42-36-46)40-34-32-30-28-26-24-22-20-18-16-14-12-10-8-6-4-2/h47H,3-46H2,1-2H3. The average Bonchev–Trinajstić information content (AvgIpc) is 3.10. The zero-order chi connectivity index (χ0) is 35.6. The number of rotatable bonds is 44. The molecule has 0 unspecified atom stereocenters. The molecule has 5 N–H and O–H groups in total. The van der Waals surface area contributed by atoms with Crippen molar-refractivity contribution >= 4 is 0 Å². The summed E-state index contributed by atoms with van der Waals surface area (Å²) in [5, 5.41) is 3.71. The van der Waals surface area contributed by atoms with E-state index in [1.54, 1.807) is 0 Å². The molecule has 5 heteroatoms. The van der Waals surface area contributed by atoms with Crippen molar-refractivity contribution in [2.45, 2.75) is 219 Å². The highest BCUT2D eigenvalue weighted by Gasteiger charge is 2.06. The molecule has 0 atom stereocenters. The number of nitrogens with one attached hydrogen (secondary N) is 1. The highest BCUT2D eigenvalue weighted by molar-refractivity contribution is 4.65. The van der Waals surface area contributed by atoms with E-state index in [1.807, 2.05) is 0 Å². The summed E-state index contributed by atoms with van der Waals surface area (Å²) in [4.78, 5) is 5.15. The van der Waals surface area contributed by atoms with Crippen LogP contribution < -0.4 is 16.8 Å². The second kappa shape index (κ2) is 44.0. The Morgan fingerprint density at radius 2 is 0.510 bits per heavy atom. The predicted octanol–water partition coefficient (Wildman–Crippen LogP) is 11.6. The highest BCUT2D eigenvalue weighted by Crippen LogP contribution is 2.15. The number of hydrogen-bond donors (Lipinski definition) is 3. The van der Waals surface area contributed by atoms with Crippen LogP contribution in [0.3, 0.4) is 0 Å². The Balaban J connectivity index is 3.62. The molecule has 0 aromatic heterocycles. The van der Waals surface area contributed by atoms with Gasteiger partial charge in [-0.05, 0) is 25.9 Å². The second-order valence-corrected chi connectivity index (χ2v) is 15.6. The Kier molecular flexibility index (Phi) is 43.8. The largest absolute Gasteiger partial charge is 0.329 e. The number of hydrogen-bond acceptors (Lipinski definition) is 5. The summed E-state index contributed by atoms with van der Waals surface area (Å²) in [5.41, 5.74) is 11.9. The van der Waals surface area contributed by atoms with Gasteiger partial charge in [0.15, 0.2) is 0 Å². The van der Waals surface area contributed by atoms with E-state index in [2.05, 4.69) is 29.0 Å². The van der Waals surface area contributed by atoms with E-state index in [4.69, 9.17) is 11.5 Å². The van der Waals surface area contributed by atoms with Gasteiger partial charge >= 0.3 is 0 Å². The van der Waals surface area contributed by atoms with Crippen LogP contribution in [0.15, 0.2) is 0 Å². The van der Waals surface area contributed by atoms with Crippen molar-refractivity contribution in [3.05, 3.63) is 0 Å². The molecule has 0 aliphatic carbocycles. The lowest BCUT2D eigenvalue weighted by Gasteiger charge is -2.24. The minimum atomic E-state index is 0.766. The maximum atomic E-state index is 5.95. The fourth-order valence-electron chi connectivity index (χ4n) is 7.40. The molecule has 0 fully saturated rings. The van der Waals surface area contributed by atoms with Crippen molar-refractivity contribution in [3.8, 4) is 0 Å². The monoisotopic (exact) mass is 694 g/mol. The molecular weight excluding hydrogens is 599 g/mol. The van der Waals surface area contributed by atoms with Gasteiger partial charge in [0, 0.05) is 52.4 Å². The van der Waals surface area contributed by atoms with Crippen LogP contribution in [0.2, 0.25) is 0 Å². The summed E-state index contributed by atoms with van der Waals surface area (Å²) >= 11 is 0. The molecule has 0 aliphatic heterocycles. The van der Waals surface area contributed by atoms with Crippen molar-refractivity contribution in [2.75, 3.05) is 65.4 Å². The molecule has 0 aromatic carbocycles. The minimum Gasteiger partial charge on any atom is -0.329 e. The molecule has 0 heterocycles. The van der Waals surface area contributed by atoms with Crippen LogP contribution in [0.25, 0.3) is 0 Å². The third-order valence-electron chi connectivity index (χ3n) is 10.8. The highest BCUT2D eigenvalue weighted by atomic mass is 15.2.